The van der Waals surface area contributed by atoms with Gasteiger partial charge in [-0.15, -0.1) is 0 Å². The fourth-order valence-corrected chi connectivity index (χ4v) is 2.71. The van der Waals surface area contributed by atoms with Gasteiger partial charge in [0.05, 0.1) is 18.3 Å². The molecule has 0 aliphatic heterocycles. The number of hydrogen-bond donors (Lipinski definition) is 1. The van der Waals surface area contributed by atoms with Crippen molar-refractivity contribution in [1.82, 2.24) is 4.98 Å². The van der Waals surface area contributed by atoms with E-state index in [0.717, 1.165) is 23.5 Å². The number of anilines is 3. The number of rotatable bonds is 6. The monoisotopic (exact) mass is 331 g/mol. The fourth-order valence-electron chi connectivity index (χ4n) is 2.71. The molecule has 0 saturated carbocycles. The molecule has 4 nitrogen and oxygen atoms in total. The number of carbonyl (C=O) groups excluding carboxylic acids is 1. The van der Waals surface area contributed by atoms with E-state index in [2.05, 4.69) is 34.3 Å². The molecule has 0 saturated heterocycles. The lowest BCUT2D eigenvalue weighted by molar-refractivity contribution is -0.115. The molecule has 1 amide bonds. The second-order valence-electron chi connectivity index (χ2n) is 5.69. The summed E-state index contributed by atoms with van der Waals surface area (Å²) in [6, 6.07) is 23.7. The number of benzene rings is 2. The van der Waals surface area contributed by atoms with Crippen molar-refractivity contribution in [3.05, 3.63) is 84.6 Å². The number of carbonyl (C=O) groups is 1. The Kier molecular flexibility index (Phi) is 5.42. The zero-order valence-corrected chi connectivity index (χ0v) is 14.2. The van der Waals surface area contributed by atoms with Gasteiger partial charge in [0.2, 0.25) is 5.91 Å². The predicted octanol–water partition coefficient (Wildman–Crippen LogP) is 4.42. The third kappa shape index (κ3) is 4.44. The molecule has 3 aromatic rings. The van der Waals surface area contributed by atoms with Crippen LogP contribution in [0, 0.1) is 0 Å². The first-order chi connectivity index (χ1) is 12.3. The number of hydrogen-bond acceptors (Lipinski definition) is 3. The van der Waals surface area contributed by atoms with Crippen molar-refractivity contribution in [2.24, 2.45) is 0 Å². The zero-order valence-electron chi connectivity index (χ0n) is 14.2. The van der Waals surface area contributed by atoms with Crippen LogP contribution in [0.15, 0.2) is 79.0 Å². The highest BCUT2D eigenvalue weighted by Crippen LogP contribution is 2.24. The van der Waals surface area contributed by atoms with E-state index in [1.54, 1.807) is 6.20 Å². The van der Waals surface area contributed by atoms with Crippen LogP contribution in [-0.2, 0) is 11.2 Å². The summed E-state index contributed by atoms with van der Waals surface area (Å²) in [5.41, 5.74) is 3.10. The van der Waals surface area contributed by atoms with Crippen LogP contribution in [-0.4, -0.2) is 17.4 Å². The minimum atomic E-state index is -0.0677. The number of pyridine rings is 1. The number of nitrogens with zero attached hydrogens (tertiary/aromatic N) is 2. The summed E-state index contributed by atoms with van der Waals surface area (Å²) in [6.45, 7) is 2.94. The highest BCUT2D eigenvalue weighted by Gasteiger charge is 2.09. The maximum Gasteiger partial charge on any atom is 0.229 e. The maximum absolute atomic E-state index is 12.1. The molecule has 0 aliphatic carbocycles. The lowest BCUT2D eigenvalue weighted by Crippen LogP contribution is -2.17. The number of para-hydroxylation sites is 1. The molecule has 0 radical (unpaired) electrons. The van der Waals surface area contributed by atoms with Crippen LogP contribution in [0.5, 0.6) is 0 Å². The van der Waals surface area contributed by atoms with Gasteiger partial charge >= 0.3 is 0 Å². The average molecular weight is 331 g/mol. The first-order valence-corrected chi connectivity index (χ1v) is 8.38. The molecule has 0 fully saturated rings. The largest absolute Gasteiger partial charge is 0.341 e. The Morgan fingerprint density at radius 1 is 0.920 bits per heavy atom. The quantitative estimate of drug-likeness (QED) is 0.727. The van der Waals surface area contributed by atoms with Gasteiger partial charge < -0.3 is 10.2 Å². The molecule has 2 aromatic carbocycles. The van der Waals surface area contributed by atoms with Crippen molar-refractivity contribution >= 4 is 23.1 Å². The maximum atomic E-state index is 12.1. The molecule has 0 bridgehead atoms. The minimum Gasteiger partial charge on any atom is -0.341 e. The number of aromatic nitrogens is 1. The standard InChI is InChI=1S/C21H21N3O/c1-2-24(18-11-7-4-8-12-18)19-13-14-20(22-16-19)23-21(25)15-17-9-5-3-6-10-17/h3-14,16H,2,15H2,1H3,(H,22,23,25). The lowest BCUT2D eigenvalue weighted by atomic mass is 10.1. The Balaban J connectivity index is 1.66. The molecule has 0 spiro atoms. The molecule has 0 unspecified atom stereocenters. The molecule has 0 atom stereocenters. The Morgan fingerprint density at radius 3 is 2.20 bits per heavy atom. The van der Waals surface area contributed by atoms with E-state index in [-0.39, 0.29) is 5.91 Å². The van der Waals surface area contributed by atoms with Crippen LogP contribution in [0.25, 0.3) is 0 Å². The van der Waals surface area contributed by atoms with Gasteiger partial charge in [0.1, 0.15) is 5.82 Å². The van der Waals surface area contributed by atoms with Gasteiger partial charge in [0.25, 0.3) is 0 Å². The van der Waals surface area contributed by atoms with E-state index in [4.69, 9.17) is 0 Å². The average Bonchev–Trinajstić information content (AvgIpc) is 2.65. The summed E-state index contributed by atoms with van der Waals surface area (Å²) >= 11 is 0. The molecule has 4 heteroatoms. The molecule has 0 aliphatic rings. The van der Waals surface area contributed by atoms with Crippen LogP contribution >= 0.6 is 0 Å². The van der Waals surface area contributed by atoms with Crippen molar-refractivity contribution in [1.29, 1.82) is 0 Å². The van der Waals surface area contributed by atoms with Crippen LogP contribution < -0.4 is 10.2 Å². The van der Waals surface area contributed by atoms with Gasteiger partial charge in [-0.25, -0.2) is 4.98 Å². The third-order valence-electron chi connectivity index (χ3n) is 3.92. The summed E-state index contributed by atoms with van der Waals surface area (Å²) in [7, 11) is 0. The third-order valence-corrected chi connectivity index (χ3v) is 3.92. The van der Waals surface area contributed by atoms with Crippen molar-refractivity contribution in [3.63, 3.8) is 0 Å². The minimum absolute atomic E-state index is 0.0677. The van der Waals surface area contributed by atoms with Gasteiger partial charge in [-0.3, -0.25) is 4.79 Å². The predicted molar refractivity (Wildman–Crippen MR) is 102 cm³/mol. The molecule has 25 heavy (non-hydrogen) atoms. The summed E-state index contributed by atoms with van der Waals surface area (Å²) in [6.07, 6.45) is 2.13. The fraction of sp³-hybridized carbons (Fsp3) is 0.143. The molecule has 1 aromatic heterocycles. The van der Waals surface area contributed by atoms with E-state index >= 15 is 0 Å². The zero-order chi connectivity index (χ0) is 17.5. The topological polar surface area (TPSA) is 45.2 Å². The molecular formula is C21H21N3O. The Morgan fingerprint density at radius 2 is 1.60 bits per heavy atom. The second-order valence-corrected chi connectivity index (χ2v) is 5.69. The molecular weight excluding hydrogens is 310 g/mol. The van der Waals surface area contributed by atoms with Crippen LogP contribution in [0.1, 0.15) is 12.5 Å². The van der Waals surface area contributed by atoms with Gasteiger partial charge in [-0.1, -0.05) is 48.5 Å². The first-order valence-electron chi connectivity index (χ1n) is 8.38. The van der Waals surface area contributed by atoms with E-state index < -0.39 is 0 Å². The second kappa shape index (κ2) is 8.11. The molecule has 1 N–H and O–H groups in total. The van der Waals surface area contributed by atoms with E-state index in [1.165, 1.54) is 0 Å². The smallest absolute Gasteiger partial charge is 0.229 e. The summed E-state index contributed by atoms with van der Waals surface area (Å²) < 4.78 is 0. The van der Waals surface area contributed by atoms with Crippen molar-refractivity contribution in [2.45, 2.75) is 13.3 Å². The summed E-state index contributed by atoms with van der Waals surface area (Å²) in [5, 5.41) is 2.85. The first kappa shape index (κ1) is 16.7. The van der Waals surface area contributed by atoms with Crippen LogP contribution in [0.4, 0.5) is 17.2 Å². The normalized spacial score (nSPS) is 10.3. The van der Waals surface area contributed by atoms with Gasteiger partial charge in [-0.05, 0) is 36.8 Å². The van der Waals surface area contributed by atoms with Crippen LogP contribution in [0.2, 0.25) is 0 Å². The van der Waals surface area contributed by atoms with Gasteiger partial charge in [0.15, 0.2) is 0 Å². The summed E-state index contributed by atoms with van der Waals surface area (Å²) in [4.78, 5) is 18.7. The molecule has 3 rings (SSSR count). The molecule has 1 heterocycles. The van der Waals surface area contributed by atoms with E-state index in [0.29, 0.717) is 12.2 Å². The van der Waals surface area contributed by atoms with E-state index in [1.807, 2.05) is 60.7 Å². The lowest BCUT2D eigenvalue weighted by Gasteiger charge is -2.23. The van der Waals surface area contributed by atoms with Gasteiger partial charge in [-0.2, -0.15) is 0 Å². The Hall–Kier alpha value is -3.14. The highest BCUT2D eigenvalue weighted by atomic mass is 16.1. The number of amides is 1. The SMILES string of the molecule is CCN(c1ccccc1)c1ccc(NC(=O)Cc2ccccc2)nc1. The van der Waals surface area contributed by atoms with E-state index in [9.17, 15) is 4.79 Å². The van der Waals surface area contributed by atoms with Crippen molar-refractivity contribution < 1.29 is 4.79 Å². The Labute approximate surface area is 148 Å². The van der Waals surface area contributed by atoms with Crippen LogP contribution in [0.3, 0.4) is 0 Å². The summed E-state index contributed by atoms with van der Waals surface area (Å²) in [5.74, 6) is 0.496. The van der Waals surface area contributed by atoms with Crippen molar-refractivity contribution in [3.8, 4) is 0 Å². The number of nitrogens with one attached hydrogen (secondary N) is 1. The van der Waals surface area contributed by atoms with Gasteiger partial charge in [0, 0.05) is 12.2 Å². The Bertz CT molecular complexity index is 802. The highest BCUT2D eigenvalue weighted by molar-refractivity contribution is 5.91. The van der Waals surface area contributed by atoms with Crippen molar-refractivity contribution in [2.75, 3.05) is 16.8 Å². The molecule has 126 valence electrons.